The molecule has 3 rings (SSSR count). The van der Waals surface area contributed by atoms with E-state index in [4.69, 9.17) is 28.2 Å². The average Bonchev–Trinajstić information content (AvgIpc) is 2.89. The van der Waals surface area contributed by atoms with Crippen LogP contribution in [0.5, 0.6) is 17.2 Å². The van der Waals surface area contributed by atoms with E-state index in [1.807, 2.05) is 6.92 Å². The smallest absolute Gasteiger partial charge is 0.493 e. The minimum atomic E-state index is -4.87. The number of methoxy groups -OCH3 is 2. The van der Waals surface area contributed by atoms with Gasteiger partial charge in [-0.15, -0.1) is 0 Å². The first-order valence-corrected chi connectivity index (χ1v) is 10.6. The van der Waals surface area contributed by atoms with Gasteiger partial charge in [-0.2, -0.15) is 0 Å². The Hall–Kier alpha value is -2.68. The molecule has 0 aliphatic carbocycles. The van der Waals surface area contributed by atoms with E-state index in [9.17, 15) is 19.1 Å². The van der Waals surface area contributed by atoms with Gasteiger partial charge >= 0.3 is 13.8 Å². The predicted octanol–water partition coefficient (Wildman–Crippen LogP) is 2.96. The van der Waals surface area contributed by atoms with Crippen LogP contribution in [0.15, 0.2) is 35.5 Å². The molecule has 164 valence electrons. The summed E-state index contributed by atoms with van der Waals surface area (Å²) in [6, 6.07) is 3.06. The molecule has 0 saturated carbocycles. The lowest BCUT2D eigenvalue weighted by Crippen LogP contribution is -2.29. The van der Waals surface area contributed by atoms with Gasteiger partial charge in [-0.25, -0.2) is 4.57 Å². The summed E-state index contributed by atoms with van der Waals surface area (Å²) in [7, 11) is -2.22. The highest BCUT2D eigenvalue weighted by molar-refractivity contribution is 7.46. The molecule has 2 heterocycles. The van der Waals surface area contributed by atoms with Crippen LogP contribution < -0.4 is 14.0 Å². The van der Waals surface area contributed by atoms with Crippen LogP contribution in [-0.2, 0) is 23.6 Å². The van der Waals surface area contributed by atoms with Crippen molar-refractivity contribution < 1.29 is 47.4 Å². The maximum Gasteiger partial charge on any atom is 0.525 e. The maximum atomic E-state index is 12.5. The van der Waals surface area contributed by atoms with Crippen molar-refractivity contribution in [2.24, 2.45) is 5.92 Å². The summed E-state index contributed by atoms with van der Waals surface area (Å²) in [4.78, 5) is 30.9. The molecule has 2 N–H and O–H groups in total. The molecule has 0 radical (unpaired) electrons. The zero-order valence-electron chi connectivity index (χ0n) is 16.9. The average molecular weight is 442 g/mol. The molecule has 0 amide bonds. The second-order valence-electron chi connectivity index (χ2n) is 6.64. The second kappa shape index (κ2) is 8.59. The van der Waals surface area contributed by atoms with Gasteiger partial charge in [0.1, 0.15) is 5.76 Å². The van der Waals surface area contributed by atoms with Crippen molar-refractivity contribution in [2.45, 2.75) is 26.2 Å². The Morgan fingerprint density at radius 3 is 2.33 bits per heavy atom. The summed E-state index contributed by atoms with van der Waals surface area (Å²) in [6.45, 7) is 3.54. The molecule has 0 saturated heterocycles. The molecule has 0 aromatic heterocycles. The van der Waals surface area contributed by atoms with E-state index in [1.54, 1.807) is 13.0 Å². The standard InChI is InChI=1S/C19H23O10P/c1-5-12-8-13-16(10(2)18(20)28-19(13)27-9-26-12)11-6-14(24-3)17(15(7-11)25-4)29-30(21,22)23/h6-8,10,16H,5,9H2,1-4H3,(H2,21,22,23)/t10-,16-/m1/s1. The van der Waals surface area contributed by atoms with Crippen LogP contribution in [0, 0.1) is 5.92 Å². The molecule has 0 fully saturated rings. The molecule has 1 aromatic rings. The monoisotopic (exact) mass is 442 g/mol. The zero-order chi connectivity index (χ0) is 22.1. The summed E-state index contributed by atoms with van der Waals surface area (Å²) in [5.74, 6) is -1.06. The molecule has 10 nitrogen and oxygen atoms in total. The van der Waals surface area contributed by atoms with Crippen molar-refractivity contribution >= 4 is 13.8 Å². The molecule has 2 atom stereocenters. The summed E-state index contributed by atoms with van der Waals surface area (Å²) in [5.41, 5.74) is 1.18. The fourth-order valence-corrected chi connectivity index (χ4v) is 3.79. The third kappa shape index (κ3) is 4.40. The van der Waals surface area contributed by atoms with Gasteiger partial charge in [-0.1, -0.05) is 13.8 Å². The highest BCUT2D eigenvalue weighted by Gasteiger charge is 2.40. The number of carbonyl (C=O) groups excluding carboxylic acids is 1. The van der Waals surface area contributed by atoms with E-state index in [-0.39, 0.29) is 30.0 Å². The molecule has 2 aliphatic heterocycles. The number of ether oxygens (including phenoxy) is 5. The van der Waals surface area contributed by atoms with E-state index in [2.05, 4.69) is 0 Å². The van der Waals surface area contributed by atoms with Crippen LogP contribution in [0.1, 0.15) is 31.7 Å². The van der Waals surface area contributed by atoms with Gasteiger partial charge in [0.15, 0.2) is 11.5 Å². The van der Waals surface area contributed by atoms with Gasteiger partial charge in [0.25, 0.3) is 5.95 Å². The fourth-order valence-electron chi connectivity index (χ4n) is 3.37. The Kier molecular flexibility index (Phi) is 6.30. The fraction of sp³-hybridized carbons (Fsp3) is 0.421. The lowest BCUT2D eigenvalue weighted by molar-refractivity contribution is -0.155. The van der Waals surface area contributed by atoms with Gasteiger partial charge < -0.3 is 28.2 Å². The van der Waals surface area contributed by atoms with E-state index < -0.39 is 25.6 Å². The molecular formula is C19H23O10P. The van der Waals surface area contributed by atoms with Crippen molar-refractivity contribution in [1.29, 1.82) is 0 Å². The number of allylic oxidation sites excluding steroid dienone is 3. The minimum Gasteiger partial charge on any atom is -0.493 e. The highest BCUT2D eigenvalue weighted by atomic mass is 31.2. The Morgan fingerprint density at radius 2 is 1.80 bits per heavy atom. The topological polar surface area (TPSA) is 130 Å². The molecule has 2 aliphatic rings. The minimum absolute atomic E-state index is 0.0338. The molecule has 0 bridgehead atoms. The first-order valence-electron chi connectivity index (χ1n) is 9.11. The number of phosphoric acid groups is 1. The molecule has 0 unspecified atom stereocenters. The van der Waals surface area contributed by atoms with Crippen LogP contribution in [0.25, 0.3) is 0 Å². The van der Waals surface area contributed by atoms with Gasteiger partial charge in [-0.3, -0.25) is 14.6 Å². The Balaban J connectivity index is 2.18. The third-order valence-electron chi connectivity index (χ3n) is 4.79. The first-order chi connectivity index (χ1) is 14.2. The molecular weight excluding hydrogens is 419 g/mol. The number of carbonyl (C=O) groups is 1. The summed E-state index contributed by atoms with van der Waals surface area (Å²) < 4.78 is 43.0. The van der Waals surface area contributed by atoms with Gasteiger partial charge in [-0.05, 0) is 23.8 Å². The first kappa shape index (κ1) is 22.0. The van der Waals surface area contributed by atoms with Crippen LogP contribution in [0.4, 0.5) is 0 Å². The van der Waals surface area contributed by atoms with E-state index >= 15 is 0 Å². The number of phosphoric ester groups is 1. The normalized spacial score (nSPS) is 21.4. The van der Waals surface area contributed by atoms with Crippen molar-refractivity contribution in [1.82, 2.24) is 0 Å². The summed E-state index contributed by atoms with van der Waals surface area (Å²) in [6.07, 6.45) is 2.38. The summed E-state index contributed by atoms with van der Waals surface area (Å²) in [5, 5.41) is 0. The Morgan fingerprint density at radius 1 is 1.17 bits per heavy atom. The second-order valence-corrected chi connectivity index (χ2v) is 7.80. The van der Waals surface area contributed by atoms with Crippen molar-refractivity contribution in [3.8, 4) is 17.2 Å². The number of esters is 1. The van der Waals surface area contributed by atoms with E-state index in [0.29, 0.717) is 23.3 Å². The van der Waals surface area contributed by atoms with E-state index in [0.717, 1.165) is 0 Å². The van der Waals surface area contributed by atoms with Crippen molar-refractivity contribution in [3.63, 3.8) is 0 Å². The zero-order valence-corrected chi connectivity index (χ0v) is 17.8. The highest BCUT2D eigenvalue weighted by Crippen LogP contribution is 2.50. The Bertz CT molecular complexity index is 920. The van der Waals surface area contributed by atoms with Crippen LogP contribution >= 0.6 is 7.82 Å². The Labute approximate surface area is 173 Å². The number of hydrogen-bond donors (Lipinski definition) is 2. The SMILES string of the molecule is CCC1=CC2=C(OCO1)OC(=O)[C@H](C)[C@@H]2c1cc(OC)c(OP(=O)(O)O)c(OC)c1. The summed E-state index contributed by atoms with van der Waals surface area (Å²) >= 11 is 0. The van der Waals surface area contributed by atoms with Crippen molar-refractivity contribution in [2.75, 3.05) is 21.0 Å². The molecule has 30 heavy (non-hydrogen) atoms. The lowest BCUT2D eigenvalue weighted by atomic mass is 9.79. The van der Waals surface area contributed by atoms with Crippen molar-refractivity contribution in [3.05, 3.63) is 41.0 Å². The van der Waals surface area contributed by atoms with Crippen LogP contribution in [-0.4, -0.2) is 36.8 Å². The molecule has 11 heteroatoms. The number of hydrogen-bond acceptors (Lipinski definition) is 8. The maximum absolute atomic E-state index is 12.5. The third-order valence-corrected chi connectivity index (χ3v) is 5.21. The number of benzene rings is 1. The largest absolute Gasteiger partial charge is 0.525 e. The van der Waals surface area contributed by atoms with Crippen LogP contribution in [0.3, 0.4) is 0 Å². The van der Waals surface area contributed by atoms with E-state index in [1.165, 1.54) is 26.4 Å². The van der Waals surface area contributed by atoms with Gasteiger partial charge in [0.05, 0.1) is 20.1 Å². The molecule has 0 spiro atoms. The predicted molar refractivity (Wildman–Crippen MR) is 103 cm³/mol. The lowest BCUT2D eigenvalue weighted by Gasteiger charge is -2.30. The molecule has 1 aromatic carbocycles. The quantitative estimate of drug-likeness (QED) is 0.501. The van der Waals surface area contributed by atoms with Gasteiger partial charge in [0.2, 0.25) is 12.5 Å². The number of rotatable bonds is 6. The van der Waals surface area contributed by atoms with Gasteiger partial charge in [0, 0.05) is 17.9 Å². The van der Waals surface area contributed by atoms with Crippen LogP contribution in [0.2, 0.25) is 0 Å².